The molecule has 27 heavy (non-hydrogen) atoms. The predicted molar refractivity (Wildman–Crippen MR) is 121 cm³/mol. The minimum absolute atomic E-state index is 0.0381. The summed E-state index contributed by atoms with van der Waals surface area (Å²) in [5, 5.41) is 10.7. The van der Waals surface area contributed by atoms with Crippen molar-refractivity contribution in [2.24, 2.45) is 29.4 Å². The van der Waals surface area contributed by atoms with Crippen LogP contribution in [0.15, 0.2) is 25.3 Å². The maximum atomic E-state index is 10.7. The van der Waals surface area contributed by atoms with Crippen molar-refractivity contribution in [1.82, 2.24) is 4.90 Å². The van der Waals surface area contributed by atoms with E-state index in [1.807, 2.05) is 0 Å². The van der Waals surface area contributed by atoms with E-state index < -0.39 is 0 Å². The second kappa shape index (κ2) is 10.7. The van der Waals surface area contributed by atoms with Crippen LogP contribution in [0.25, 0.3) is 0 Å². The molecule has 0 radical (unpaired) electrons. The van der Waals surface area contributed by atoms with Crippen LogP contribution in [0, 0.1) is 23.7 Å². The molecule has 0 aromatic heterocycles. The molecule has 0 bridgehead atoms. The number of halogens is 2. The predicted octanol–water partition coefficient (Wildman–Crippen LogP) is 0.699. The number of alkyl halides is 3. The average Bonchev–Trinajstić information content (AvgIpc) is 2.64. The third-order valence-corrected chi connectivity index (χ3v) is 12.6. The molecule has 0 amide bonds. The Morgan fingerprint density at radius 1 is 1.19 bits per heavy atom. The zero-order valence-corrected chi connectivity index (χ0v) is 21.7. The first-order valence-corrected chi connectivity index (χ1v) is 14.4. The standard InChI is InChI=1S/C22H39I2N2O/c1-7-9-10-18-17(13(3)16(8-2)15(5)24-18)11-19-21(25)14(4)22(27)20(12-23)26(19)6/h7-8,13-22,27H,1-2,9-12,25H2,3-6H3/q-1. The number of rotatable bonds is 7. The minimum atomic E-state index is -0.327. The van der Waals surface area contributed by atoms with E-state index in [2.05, 4.69) is 80.6 Å². The van der Waals surface area contributed by atoms with Gasteiger partial charge < -0.3 is 0 Å². The van der Waals surface area contributed by atoms with Crippen LogP contribution in [-0.2, 0) is 0 Å². The van der Waals surface area contributed by atoms with E-state index in [0.29, 0.717) is 23.8 Å². The van der Waals surface area contributed by atoms with Crippen LogP contribution < -0.4 is 26.9 Å². The van der Waals surface area contributed by atoms with Crippen molar-refractivity contribution in [3.63, 3.8) is 0 Å². The van der Waals surface area contributed by atoms with Crippen molar-refractivity contribution in [3.8, 4) is 0 Å². The molecule has 2 rings (SSSR count). The number of nitrogens with two attached hydrogens (primary N) is 1. The van der Waals surface area contributed by atoms with Crippen LogP contribution in [-0.4, -0.2) is 53.6 Å². The summed E-state index contributed by atoms with van der Waals surface area (Å²) in [6, 6.07) is 0.598. The number of allylic oxidation sites excluding steroid dienone is 2. The molecule has 10 unspecified atom stereocenters. The van der Waals surface area contributed by atoms with Gasteiger partial charge in [0, 0.05) is 0 Å². The van der Waals surface area contributed by atoms with Gasteiger partial charge >= 0.3 is 192 Å². The summed E-state index contributed by atoms with van der Waals surface area (Å²) in [5.74, 6) is 2.14. The summed E-state index contributed by atoms with van der Waals surface area (Å²) in [7, 11) is 2.18. The summed E-state index contributed by atoms with van der Waals surface area (Å²) < 4.78 is 2.59. The Labute approximate surface area is 191 Å². The van der Waals surface area contributed by atoms with Crippen molar-refractivity contribution in [3.05, 3.63) is 25.3 Å². The van der Waals surface area contributed by atoms with E-state index in [-0.39, 0.29) is 45.3 Å². The van der Waals surface area contributed by atoms with Gasteiger partial charge in [0.1, 0.15) is 0 Å². The number of hydrogen-bond acceptors (Lipinski definition) is 3. The topological polar surface area (TPSA) is 49.5 Å². The first-order valence-electron chi connectivity index (χ1n) is 10.3. The third-order valence-electron chi connectivity index (χ3n) is 7.26. The van der Waals surface area contributed by atoms with Gasteiger partial charge in [0.05, 0.1) is 0 Å². The fraction of sp³-hybridized carbons (Fsp3) is 0.818. The summed E-state index contributed by atoms with van der Waals surface area (Å²) in [6.45, 7) is 15.1. The zero-order valence-electron chi connectivity index (χ0n) is 17.4. The SMILES string of the molecule is C=CCCC1[I-]C(C)C(C=C)C(C)C1CC1C(N)C(C)C(O)C(CI)N1C. The fourth-order valence-corrected chi connectivity index (χ4v) is 11.5. The monoisotopic (exact) mass is 601 g/mol. The van der Waals surface area contributed by atoms with Crippen molar-refractivity contribution in [2.45, 2.75) is 72.1 Å². The van der Waals surface area contributed by atoms with Gasteiger partial charge in [-0.2, -0.15) is 0 Å². The van der Waals surface area contributed by atoms with Crippen molar-refractivity contribution < 1.29 is 26.3 Å². The molecule has 0 aliphatic carbocycles. The number of likely N-dealkylation sites (N-methyl/N-ethyl adjacent to an activating group) is 1. The van der Waals surface area contributed by atoms with Crippen LogP contribution in [0.5, 0.6) is 0 Å². The molecule has 10 atom stereocenters. The molecule has 2 fully saturated rings. The Morgan fingerprint density at radius 2 is 1.85 bits per heavy atom. The van der Waals surface area contributed by atoms with Crippen LogP contribution in [0.4, 0.5) is 0 Å². The molecule has 3 nitrogen and oxygen atoms in total. The van der Waals surface area contributed by atoms with E-state index in [9.17, 15) is 5.11 Å². The van der Waals surface area contributed by atoms with E-state index in [4.69, 9.17) is 5.73 Å². The Hall–Kier alpha value is 0.820. The van der Waals surface area contributed by atoms with Crippen molar-refractivity contribution >= 4 is 22.6 Å². The van der Waals surface area contributed by atoms with Crippen molar-refractivity contribution in [1.29, 1.82) is 0 Å². The molecular weight excluding hydrogens is 562 g/mol. The number of piperidine rings is 1. The van der Waals surface area contributed by atoms with Gasteiger partial charge in [0.25, 0.3) is 0 Å². The molecule has 0 aromatic carbocycles. The van der Waals surface area contributed by atoms with Crippen LogP contribution in [0.2, 0.25) is 0 Å². The molecule has 0 saturated carbocycles. The van der Waals surface area contributed by atoms with Crippen LogP contribution >= 0.6 is 22.6 Å². The van der Waals surface area contributed by atoms with Crippen molar-refractivity contribution in [2.75, 3.05) is 11.5 Å². The summed E-state index contributed by atoms with van der Waals surface area (Å²) in [6.07, 6.45) is 7.53. The molecule has 2 aliphatic rings. The maximum absolute atomic E-state index is 10.7. The first-order chi connectivity index (χ1) is 12.8. The van der Waals surface area contributed by atoms with Gasteiger partial charge in [-0.25, -0.2) is 0 Å². The van der Waals surface area contributed by atoms with E-state index in [1.54, 1.807) is 0 Å². The molecule has 2 heterocycles. The Kier molecular flexibility index (Phi) is 9.58. The molecule has 0 aromatic rings. The molecule has 2 aliphatic heterocycles. The van der Waals surface area contributed by atoms with Gasteiger partial charge in [-0.1, -0.05) is 0 Å². The summed E-state index contributed by atoms with van der Waals surface area (Å²) in [5.41, 5.74) is 6.69. The number of nitrogens with zero attached hydrogens (tertiary/aromatic N) is 1. The summed E-state index contributed by atoms with van der Waals surface area (Å²) >= 11 is 2.55. The average molecular weight is 601 g/mol. The zero-order chi connectivity index (χ0) is 20.3. The first kappa shape index (κ1) is 24.1. The van der Waals surface area contributed by atoms with Gasteiger partial charge in [-0.15, -0.1) is 0 Å². The molecular formula is C22H39I2N2O-. The Bertz CT molecular complexity index is 503. The van der Waals surface area contributed by atoms with Gasteiger partial charge in [0.2, 0.25) is 0 Å². The normalized spacial score (nSPS) is 46.5. The molecule has 0 spiro atoms. The molecule has 158 valence electrons. The summed E-state index contributed by atoms with van der Waals surface area (Å²) in [4.78, 5) is 2.40. The quantitative estimate of drug-likeness (QED) is 0.257. The second-order valence-electron chi connectivity index (χ2n) is 8.64. The number of aliphatic hydroxyl groups is 1. The molecule has 2 saturated heterocycles. The molecule has 3 N–H and O–H groups in total. The van der Waals surface area contributed by atoms with Crippen LogP contribution in [0.3, 0.4) is 0 Å². The van der Waals surface area contributed by atoms with Gasteiger partial charge in [-0.3, -0.25) is 0 Å². The number of likely N-dealkylation sites (tertiary alicyclic amines) is 1. The van der Waals surface area contributed by atoms with Gasteiger partial charge in [-0.05, 0) is 0 Å². The van der Waals surface area contributed by atoms with E-state index >= 15 is 0 Å². The van der Waals surface area contributed by atoms with E-state index in [1.165, 1.54) is 6.42 Å². The van der Waals surface area contributed by atoms with E-state index in [0.717, 1.165) is 25.1 Å². The Balaban J connectivity index is 2.25. The van der Waals surface area contributed by atoms with Gasteiger partial charge in [0.15, 0.2) is 0 Å². The second-order valence-corrected chi connectivity index (χ2v) is 13.8. The molecule has 5 heteroatoms. The number of hydrogen-bond donors (Lipinski definition) is 2. The fourth-order valence-electron chi connectivity index (χ4n) is 5.27. The Morgan fingerprint density at radius 3 is 2.41 bits per heavy atom. The number of aliphatic hydroxyl groups excluding tert-OH is 1. The van der Waals surface area contributed by atoms with Crippen LogP contribution in [0.1, 0.15) is 40.0 Å². The third kappa shape index (κ3) is 5.12.